The van der Waals surface area contributed by atoms with Crippen LogP contribution in [0.15, 0.2) is 41.8 Å². The number of sulfonamides is 1. The highest BCUT2D eigenvalue weighted by Crippen LogP contribution is 2.32. The quantitative estimate of drug-likeness (QED) is 0.803. The number of fused-ring (bicyclic) bond motifs is 1. The highest BCUT2D eigenvalue weighted by atomic mass is 32.2. The minimum Gasteiger partial charge on any atom is -0.327 e. The van der Waals surface area contributed by atoms with Gasteiger partial charge in [0.25, 0.3) is 10.0 Å². The van der Waals surface area contributed by atoms with Gasteiger partial charge in [0.2, 0.25) is 5.91 Å². The number of carbonyl (C=O) groups is 1. The molecule has 1 amide bonds. The summed E-state index contributed by atoms with van der Waals surface area (Å²) in [6.45, 7) is 3.17. The number of amides is 1. The lowest BCUT2D eigenvalue weighted by Gasteiger charge is -2.24. The molecule has 1 saturated heterocycles. The molecule has 3 heterocycles. The van der Waals surface area contributed by atoms with Crippen molar-refractivity contribution in [3.8, 4) is 0 Å². The standard InChI is InChI=1S/C19H24N4O3S/c1-15-11-16-7-3-4-8-17(16)23(15)19(24)13-21-12-18(20-14-21)27(25,26)22-9-5-2-6-10-22/h3-4,7-8,12,14-15H,2,5-6,9-11,13H2,1H3. The van der Waals surface area contributed by atoms with Crippen LogP contribution in [-0.2, 0) is 27.8 Å². The summed E-state index contributed by atoms with van der Waals surface area (Å²) in [4.78, 5) is 18.7. The third kappa shape index (κ3) is 3.39. The second-order valence-electron chi connectivity index (χ2n) is 7.29. The number of aromatic nitrogens is 2. The first-order chi connectivity index (χ1) is 13.0. The molecule has 0 bridgehead atoms. The fraction of sp³-hybridized carbons (Fsp3) is 0.474. The molecule has 4 rings (SSSR count). The molecule has 0 radical (unpaired) electrons. The van der Waals surface area contributed by atoms with E-state index in [1.54, 1.807) is 9.47 Å². The third-order valence-electron chi connectivity index (χ3n) is 5.32. The molecule has 0 N–H and O–H groups in total. The molecule has 1 aromatic heterocycles. The lowest BCUT2D eigenvalue weighted by Crippen LogP contribution is -2.38. The molecule has 1 unspecified atom stereocenters. The molecule has 27 heavy (non-hydrogen) atoms. The number of carbonyl (C=O) groups excluding carboxylic acids is 1. The molecule has 7 nitrogen and oxygen atoms in total. The smallest absolute Gasteiger partial charge is 0.262 e. The van der Waals surface area contributed by atoms with Gasteiger partial charge in [-0.05, 0) is 37.8 Å². The molecular weight excluding hydrogens is 364 g/mol. The van der Waals surface area contributed by atoms with Crippen LogP contribution in [0.2, 0.25) is 0 Å². The molecule has 2 aromatic rings. The van der Waals surface area contributed by atoms with Gasteiger partial charge >= 0.3 is 0 Å². The van der Waals surface area contributed by atoms with Crippen LogP contribution in [0.5, 0.6) is 0 Å². The Kier molecular flexibility index (Phi) is 4.77. The fourth-order valence-corrected chi connectivity index (χ4v) is 5.43. The third-order valence-corrected chi connectivity index (χ3v) is 7.11. The van der Waals surface area contributed by atoms with Gasteiger partial charge in [-0.25, -0.2) is 13.4 Å². The van der Waals surface area contributed by atoms with E-state index in [4.69, 9.17) is 0 Å². The van der Waals surface area contributed by atoms with Crippen molar-refractivity contribution in [2.45, 2.75) is 50.2 Å². The molecule has 1 aromatic carbocycles. The van der Waals surface area contributed by atoms with E-state index in [2.05, 4.69) is 4.98 Å². The first kappa shape index (κ1) is 18.2. The molecule has 2 aliphatic rings. The average Bonchev–Trinajstić information content (AvgIpc) is 3.26. The number of nitrogens with zero attached hydrogens (tertiary/aromatic N) is 4. The SMILES string of the molecule is CC1Cc2ccccc2N1C(=O)Cn1cnc(S(=O)(=O)N2CCCCC2)c1. The molecule has 1 atom stereocenters. The maximum atomic E-state index is 12.9. The van der Waals surface area contributed by atoms with Gasteiger partial charge in [0.05, 0.1) is 6.33 Å². The molecule has 0 aliphatic carbocycles. The zero-order valence-corrected chi connectivity index (χ0v) is 16.2. The number of piperidine rings is 1. The maximum Gasteiger partial charge on any atom is 0.262 e. The summed E-state index contributed by atoms with van der Waals surface area (Å²) < 4.78 is 28.5. The first-order valence-electron chi connectivity index (χ1n) is 9.39. The normalized spacial score (nSPS) is 20.6. The van der Waals surface area contributed by atoms with E-state index in [9.17, 15) is 13.2 Å². The lowest BCUT2D eigenvalue weighted by atomic mass is 10.1. The van der Waals surface area contributed by atoms with E-state index in [-0.39, 0.29) is 23.5 Å². The van der Waals surface area contributed by atoms with Crippen LogP contribution in [0, 0.1) is 0 Å². The Hall–Kier alpha value is -2.19. The van der Waals surface area contributed by atoms with E-state index in [0.717, 1.165) is 36.9 Å². The number of benzene rings is 1. The van der Waals surface area contributed by atoms with Crippen molar-refractivity contribution in [2.24, 2.45) is 0 Å². The van der Waals surface area contributed by atoms with Crippen molar-refractivity contribution >= 4 is 21.6 Å². The Balaban J connectivity index is 1.50. The van der Waals surface area contributed by atoms with Gasteiger partial charge in [-0.15, -0.1) is 0 Å². The van der Waals surface area contributed by atoms with Crippen LogP contribution in [0.1, 0.15) is 31.7 Å². The van der Waals surface area contributed by atoms with Crippen LogP contribution in [0.3, 0.4) is 0 Å². The Labute approximate surface area is 159 Å². The number of rotatable bonds is 4. The van der Waals surface area contributed by atoms with Gasteiger partial charge in [0.1, 0.15) is 6.54 Å². The molecular formula is C19H24N4O3S. The number of para-hydroxylation sites is 1. The van der Waals surface area contributed by atoms with Gasteiger partial charge in [-0.2, -0.15) is 4.31 Å². The van der Waals surface area contributed by atoms with Gasteiger partial charge in [0, 0.05) is 31.0 Å². The minimum absolute atomic E-state index is 0.0204. The van der Waals surface area contributed by atoms with Crippen LogP contribution in [-0.4, -0.2) is 47.3 Å². The van der Waals surface area contributed by atoms with Crippen molar-refractivity contribution in [1.82, 2.24) is 13.9 Å². The topological polar surface area (TPSA) is 75.5 Å². The van der Waals surface area contributed by atoms with Crippen LogP contribution < -0.4 is 4.90 Å². The van der Waals surface area contributed by atoms with Gasteiger partial charge in [0.15, 0.2) is 5.03 Å². The molecule has 144 valence electrons. The minimum atomic E-state index is -3.58. The summed E-state index contributed by atoms with van der Waals surface area (Å²) in [6, 6.07) is 8.00. The highest BCUT2D eigenvalue weighted by molar-refractivity contribution is 7.89. The Bertz CT molecular complexity index is 947. The van der Waals surface area contributed by atoms with E-state index in [1.807, 2.05) is 31.2 Å². The monoisotopic (exact) mass is 388 g/mol. The highest BCUT2D eigenvalue weighted by Gasteiger charge is 2.31. The predicted molar refractivity (Wildman–Crippen MR) is 102 cm³/mol. The Morgan fingerprint density at radius 3 is 2.70 bits per heavy atom. The number of imidazole rings is 1. The average molecular weight is 388 g/mol. The first-order valence-corrected chi connectivity index (χ1v) is 10.8. The second kappa shape index (κ2) is 7.09. The van der Waals surface area contributed by atoms with Crippen LogP contribution >= 0.6 is 0 Å². The van der Waals surface area contributed by atoms with Crippen molar-refractivity contribution in [1.29, 1.82) is 0 Å². The second-order valence-corrected chi connectivity index (χ2v) is 9.18. The Morgan fingerprint density at radius 2 is 1.93 bits per heavy atom. The molecule has 0 saturated carbocycles. The van der Waals surface area contributed by atoms with Gasteiger partial charge in [-0.1, -0.05) is 24.6 Å². The number of hydrogen-bond donors (Lipinski definition) is 0. The summed E-state index contributed by atoms with van der Waals surface area (Å²) in [5.74, 6) is -0.0632. The lowest BCUT2D eigenvalue weighted by molar-refractivity contribution is -0.119. The van der Waals surface area contributed by atoms with Crippen LogP contribution in [0.4, 0.5) is 5.69 Å². The Morgan fingerprint density at radius 1 is 1.19 bits per heavy atom. The molecule has 1 fully saturated rings. The van der Waals surface area contributed by atoms with Gasteiger partial charge in [-0.3, -0.25) is 4.79 Å². The zero-order valence-electron chi connectivity index (χ0n) is 15.4. The number of anilines is 1. The molecule has 0 spiro atoms. The largest absolute Gasteiger partial charge is 0.327 e. The summed E-state index contributed by atoms with van der Waals surface area (Å²) in [7, 11) is -3.58. The van der Waals surface area contributed by atoms with Crippen molar-refractivity contribution in [2.75, 3.05) is 18.0 Å². The summed E-state index contributed by atoms with van der Waals surface area (Å²) in [6.07, 6.45) is 6.55. The van der Waals surface area contributed by atoms with E-state index in [1.165, 1.54) is 16.8 Å². The molecule has 8 heteroatoms. The van der Waals surface area contributed by atoms with Gasteiger partial charge < -0.3 is 9.47 Å². The van der Waals surface area contributed by atoms with Crippen molar-refractivity contribution in [3.63, 3.8) is 0 Å². The van der Waals surface area contributed by atoms with E-state index >= 15 is 0 Å². The predicted octanol–water partition coefficient (Wildman–Crippen LogP) is 2.04. The fourth-order valence-electron chi connectivity index (χ4n) is 3.97. The van der Waals surface area contributed by atoms with Crippen LogP contribution in [0.25, 0.3) is 0 Å². The molecule has 2 aliphatic heterocycles. The zero-order chi connectivity index (χ0) is 19.0. The van der Waals surface area contributed by atoms with Crippen molar-refractivity contribution < 1.29 is 13.2 Å². The summed E-state index contributed by atoms with van der Waals surface area (Å²) >= 11 is 0. The van der Waals surface area contributed by atoms with E-state index in [0.29, 0.717) is 13.1 Å². The van der Waals surface area contributed by atoms with E-state index < -0.39 is 10.0 Å². The van der Waals surface area contributed by atoms with Crippen molar-refractivity contribution in [3.05, 3.63) is 42.4 Å². The number of hydrogen-bond acceptors (Lipinski definition) is 4. The summed E-state index contributed by atoms with van der Waals surface area (Å²) in [5.41, 5.74) is 2.11. The maximum absolute atomic E-state index is 12.9. The summed E-state index contributed by atoms with van der Waals surface area (Å²) in [5, 5.41) is 0.0204.